The third-order valence-corrected chi connectivity index (χ3v) is 2.96. The number of nitrogens with zero attached hydrogens (tertiary/aromatic N) is 1. The normalized spacial score (nSPS) is 10.5. The van der Waals surface area contributed by atoms with Crippen molar-refractivity contribution in [1.29, 1.82) is 0 Å². The Morgan fingerprint density at radius 1 is 1.41 bits per heavy atom. The Morgan fingerprint density at radius 2 is 2.24 bits per heavy atom. The summed E-state index contributed by atoms with van der Waals surface area (Å²) >= 11 is 3.25. The van der Waals surface area contributed by atoms with Gasteiger partial charge in [0.15, 0.2) is 0 Å². The van der Waals surface area contributed by atoms with Crippen LogP contribution in [0.4, 0.5) is 5.69 Å². The molecule has 1 aromatic carbocycles. The summed E-state index contributed by atoms with van der Waals surface area (Å²) in [7, 11) is 0. The molecule has 3 nitrogen and oxygen atoms in total. The number of rotatable bonds is 3. The summed E-state index contributed by atoms with van der Waals surface area (Å²) in [5.41, 5.74) is 2.87. The van der Waals surface area contributed by atoms with E-state index in [-0.39, 0.29) is 5.91 Å². The van der Waals surface area contributed by atoms with Crippen LogP contribution in [0.15, 0.2) is 30.5 Å². The van der Waals surface area contributed by atoms with Gasteiger partial charge in [-0.3, -0.25) is 9.78 Å². The van der Waals surface area contributed by atoms with Gasteiger partial charge in [-0.25, -0.2) is 0 Å². The summed E-state index contributed by atoms with van der Waals surface area (Å²) in [6, 6.07) is 7.74. The van der Waals surface area contributed by atoms with Crippen molar-refractivity contribution in [3.63, 3.8) is 0 Å². The molecule has 0 aliphatic heterocycles. The van der Waals surface area contributed by atoms with Crippen LogP contribution in [0, 0.1) is 6.92 Å². The van der Waals surface area contributed by atoms with E-state index in [0.717, 1.165) is 22.2 Å². The van der Waals surface area contributed by atoms with Crippen molar-refractivity contribution < 1.29 is 4.79 Å². The molecule has 0 bridgehead atoms. The van der Waals surface area contributed by atoms with Gasteiger partial charge in [0, 0.05) is 23.3 Å². The molecule has 0 radical (unpaired) electrons. The second-order valence-electron chi connectivity index (χ2n) is 3.82. The SMILES string of the molecule is Cc1ccc(NC(=O)CCBr)c2cccnc12. The minimum absolute atomic E-state index is 0.0101. The molecule has 1 N–H and O–H groups in total. The predicted molar refractivity (Wildman–Crippen MR) is 73.5 cm³/mol. The molecular formula is C13H13BrN2O. The van der Waals surface area contributed by atoms with Gasteiger partial charge in [0.05, 0.1) is 11.2 Å². The van der Waals surface area contributed by atoms with Crippen molar-refractivity contribution in [2.24, 2.45) is 0 Å². The van der Waals surface area contributed by atoms with Crippen LogP contribution in [0.25, 0.3) is 10.9 Å². The fraction of sp³-hybridized carbons (Fsp3) is 0.231. The highest BCUT2D eigenvalue weighted by atomic mass is 79.9. The average molecular weight is 293 g/mol. The van der Waals surface area contributed by atoms with Gasteiger partial charge in [-0.2, -0.15) is 0 Å². The molecule has 0 saturated carbocycles. The van der Waals surface area contributed by atoms with Gasteiger partial charge in [0.1, 0.15) is 0 Å². The zero-order valence-electron chi connectivity index (χ0n) is 9.53. The van der Waals surface area contributed by atoms with Crippen LogP contribution in [-0.4, -0.2) is 16.2 Å². The molecule has 0 fully saturated rings. The number of carbonyl (C=O) groups excluding carboxylic acids is 1. The molecule has 17 heavy (non-hydrogen) atoms. The summed E-state index contributed by atoms with van der Waals surface area (Å²) in [5.74, 6) is 0.0101. The standard InChI is InChI=1S/C13H13BrN2O/c1-9-4-5-11(16-12(17)6-7-14)10-3-2-8-15-13(9)10/h2-5,8H,6-7H2,1H3,(H,16,17). The largest absolute Gasteiger partial charge is 0.325 e. The van der Waals surface area contributed by atoms with Crippen LogP contribution in [0.2, 0.25) is 0 Å². The molecule has 0 unspecified atom stereocenters. The van der Waals surface area contributed by atoms with Gasteiger partial charge in [-0.15, -0.1) is 0 Å². The molecular weight excluding hydrogens is 280 g/mol. The maximum atomic E-state index is 11.6. The summed E-state index contributed by atoms with van der Waals surface area (Å²) in [6.45, 7) is 2.01. The summed E-state index contributed by atoms with van der Waals surface area (Å²) in [5, 5.41) is 4.55. The van der Waals surface area contributed by atoms with E-state index in [1.807, 2.05) is 31.2 Å². The Bertz CT molecular complexity index is 554. The third kappa shape index (κ3) is 2.64. The highest BCUT2D eigenvalue weighted by Gasteiger charge is 2.07. The van der Waals surface area contributed by atoms with E-state index in [1.165, 1.54) is 0 Å². The number of aromatic nitrogens is 1. The number of fused-ring (bicyclic) bond motifs is 1. The smallest absolute Gasteiger partial charge is 0.225 e. The first-order chi connectivity index (χ1) is 8.22. The first kappa shape index (κ1) is 12.0. The average Bonchev–Trinajstić information content (AvgIpc) is 2.34. The Hall–Kier alpha value is -1.42. The van der Waals surface area contributed by atoms with E-state index in [9.17, 15) is 4.79 Å². The second kappa shape index (κ2) is 5.27. The lowest BCUT2D eigenvalue weighted by molar-refractivity contribution is -0.115. The van der Waals surface area contributed by atoms with E-state index in [0.29, 0.717) is 11.8 Å². The zero-order chi connectivity index (χ0) is 12.3. The molecule has 88 valence electrons. The van der Waals surface area contributed by atoms with Crippen LogP contribution in [-0.2, 0) is 4.79 Å². The van der Waals surface area contributed by atoms with Crippen molar-refractivity contribution in [3.05, 3.63) is 36.0 Å². The van der Waals surface area contributed by atoms with E-state index in [2.05, 4.69) is 26.2 Å². The van der Waals surface area contributed by atoms with E-state index in [1.54, 1.807) is 6.20 Å². The Kier molecular flexibility index (Phi) is 3.74. The minimum atomic E-state index is 0.0101. The maximum absolute atomic E-state index is 11.6. The minimum Gasteiger partial charge on any atom is -0.325 e. The number of aryl methyl sites for hydroxylation is 1. The number of nitrogens with one attached hydrogen (secondary N) is 1. The van der Waals surface area contributed by atoms with Crippen LogP contribution in [0.5, 0.6) is 0 Å². The number of halogens is 1. The summed E-state index contributed by atoms with van der Waals surface area (Å²) in [4.78, 5) is 15.9. The van der Waals surface area contributed by atoms with Crippen molar-refractivity contribution in [2.45, 2.75) is 13.3 Å². The van der Waals surface area contributed by atoms with Crippen LogP contribution < -0.4 is 5.32 Å². The maximum Gasteiger partial charge on any atom is 0.225 e. The Balaban J connectivity index is 2.41. The quantitative estimate of drug-likeness (QED) is 0.882. The number of anilines is 1. The number of pyridine rings is 1. The molecule has 1 amide bonds. The molecule has 2 aromatic rings. The molecule has 0 saturated heterocycles. The number of hydrogen-bond acceptors (Lipinski definition) is 2. The lowest BCUT2D eigenvalue weighted by Crippen LogP contribution is -2.12. The van der Waals surface area contributed by atoms with Crippen LogP contribution in [0.3, 0.4) is 0 Å². The molecule has 2 rings (SSSR count). The van der Waals surface area contributed by atoms with Crippen molar-refractivity contribution in [3.8, 4) is 0 Å². The van der Waals surface area contributed by atoms with Crippen molar-refractivity contribution in [2.75, 3.05) is 10.6 Å². The monoisotopic (exact) mass is 292 g/mol. The molecule has 0 atom stereocenters. The molecule has 1 heterocycles. The van der Waals surface area contributed by atoms with Gasteiger partial charge in [0.25, 0.3) is 0 Å². The first-order valence-electron chi connectivity index (χ1n) is 5.42. The highest BCUT2D eigenvalue weighted by Crippen LogP contribution is 2.24. The molecule has 0 spiro atoms. The van der Waals surface area contributed by atoms with Gasteiger partial charge in [-0.05, 0) is 30.7 Å². The first-order valence-corrected chi connectivity index (χ1v) is 6.54. The second-order valence-corrected chi connectivity index (χ2v) is 4.61. The lowest BCUT2D eigenvalue weighted by Gasteiger charge is -2.09. The highest BCUT2D eigenvalue weighted by molar-refractivity contribution is 9.09. The summed E-state index contributed by atoms with van der Waals surface area (Å²) < 4.78 is 0. The fourth-order valence-corrected chi connectivity index (χ4v) is 2.08. The van der Waals surface area contributed by atoms with Crippen molar-refractivity contribution >= 4 is 38.4 Å². The van der Waals surface area contributed by atoms with E-state index in [4.69, 9.17) is 0 Å². The molecule has 0 aliphatic rings. The number of amides is 1. The lowest BCUT2D eigenvalue weighted by atomic mass is 10.1. The molecule has 1 aromatic heterocycles. The Labute approximate surface area is 108 Å². The fourth-order valence-electron chi connectivity index (χ4n) is 1.72. The number of carbonyl (C=O) groups is 1. The van der Waals surface area contributed by atoms with Gasteiger partial charge < -0.3 is 5.32 Å². The van der Waals surface area contributed by atoms with E-state index >= 15 is 0 Å². The van der Waals surface area contributed by atoms with Gasteiger partial charge >= 0.3 is 0 Å². The van der Waals surface area contributed by atoms with Gasteiger partial charge in [0.2, 0.25) is 5.91 Å². The number of alkyl halides is 1. The van der Waals surface area contributed by atoms with E-state index < -0.39 is 0 Å². The molecule has 4 heteroatoms. The Morgan fingerprint density at radius 3 is 3.00 bits per heavy atom. The summed E-state index contributed by atoms with van der Waals surface area (Å²) in [6.07, 6.45) is 2.23. The third-order valence-electron chi connectivity index (χ3n) is 2.57. The zero-order valence-corrected chi connectivity index (χ0v) is 11.1. The number of hydrogen-bond donors (Lipinski definition) is 1. The van der Waals surface area contributed by atoms with Crippen LogP contribution >= 0.6 is 15.9 Å². The molecule has 0 aliphatic carbocycles. The van der Waals surface area contributed by atoms with Crippen LogP contribution in [0.1, 0.15) is 12.0 Å². The van der Waals surface area contributed by atoms with Crippen molar-refractivity contribution in [1.82, 2.24) is 4.98 Å². The number of benzene rings is 1. The van der Waals surface area contributed by atoms with Gasteiger partial charge in [-0.1, -0.05) is 22.0 Å². The topological polar surface area (TPSA) is 42.0 Å². The predicted octanol–water partition coefficient (Wildman–Crippen LogP) is 3.27.